The number of nitrogens with zero attached hydrogens (tertiary/aromatic N) is 2. The summed E-state index contributed by atoms with van der Waals surface area (Å²) in [7, 11) is 0. The molecule has 8 heteroatoms. The molecule has 1 atom stereocenters. The number of rotatable bonds is 8. The monoisotopic (exact) mass is 463 g/mol. The Bertz CT molecular complexity index is 1140. The first-order valence-corrected chi connectivity index (χ1v) is 11.1. The molecule has 2 aromatic carbocycles. The number of thiocarbonyl (C=S) groups is 1. The van der Waals surface area contributed by atoms with Gasteiger partial charge in [-0.05, 0) is 72.9 Å². The average molecular weight is 464 g/mol. The van der Waals surface area contributed by atoms with Crippen molar-refractivity contribution < 1.29 is 19.1 Å². The van der Waals surface area contributed by atoms with Crippen LogP contribution in [0.4, 0.5) is 5.69 Å². The van der Waals surface area contributed by atoms with E-state index < -0.39 is 11.8 Å². The minimum absolute atomic E-state index is 0.0358. The van der Waals surface area contributed by atoms with Crippen LogP contribution in [0.1, 0.15) is 44.2 Å². The number of carbonyl (C=O) groups is 2. The number of carbonyl (C=O) groups excluding carboxylic acids is 2. The highest BCUT2D eigenvalue weighted by molar-refractivity contribution is 7.80. The first-order chi connectivity index (χ1) is 15.9. The molecule has 0 saturated carbocycles. The van der Waals surface area contributed by atoms with Crippen LogP contribution < -0.4 is 19.7 Å². The van der Waals surface area contributed by atoms with Crippen molar-refractivity contribution in [3.05, 3.63) is 59.2 Å². The molecule has 1 aliphatic rings. The second-order valence-corrected chi connectivity index (χ2v) is 7.83. The van der Waals surface area contributed by atoms with Gasteiger partial charge in [-0.15, -0.1) is 0 Å². The predicted octanol–water partition coefficient (Wildman–Crippen LogP) is 4.33. The van der Waals surface area contributed by atoms with Crippen LogP contribution in [-0.2, 0) is 9.59 Å². The Kier molecular flexibility index (Phi) is 7.80. The number of amides is 2. The third-order valence-corrected chi connectivity index (χ3v) is 5.59. The summed E-state index contributed by atoms with van der Waals surface area (Å²) in [5.74, 6) is 0.142. The molecule has 0 aliphatic carbocycles. The van der Waals surface area contributed by atoms with Gasteiger partial charge in [0.1, 0.15) is 11.6 Å². The second-order valence-electron chi connectivity index (χ2n) is 7.44. The Balaban J connectivity index is 1.93. The van der Waals surface area contributed by atoms with E-state index in [0.717, 1.165) is 6.42 Å². The van der Waals surface area contributed by atoms with Crippen LogP contribution in [-0.4, -0.2) is 30.1 Å². The fraction of sp³-hybridized carbons (Fsp3) is 0.280. The third kappa shape index (κ3) is 5.38. The van der Waals surface area contributed by atoms with E-state index in [1.807, 2.05) is 37.3 Å². The quantitative estimate of drug-likeness (QED) is 0.356. The van der Waals surface area contributed by atoms with E-state index in [0.29, 0.717) is 35.3 Å². The Labute approximate surface area is 198 Å². The zero-order valence-corrected chi connectivity index (χ0v) is 19.6. The molecule has 0 radical (unpaired) electrons. The lowest BCUT2D eigenvalue weighted by Gasteiger charge is -2.29. The fourth-order valence-corrected chi connectivity index (χ4v) is 3.64. The van der Waals surface area contributed by atoms with Crippen LogP contribution in [0.25, 0.3) is 6.08 Å². The number of nitrogens with one attached hydrogen (secondary N) is 1. The molecular weight excluding hydrogens is 438 g/mol. The standard InChI is InChI=1S/C25H25N3O4S/c1-4-16(3)18-7-9-19(10-8-18)28-24(30)20(23(29)27-25(28)33)14-17-6-11-21(32-13-12-26)22(15-17)31-5-2/h6-11,14-16H,4-5,13H2,1-3H3,(H,27,29,33)/b20-14+/t16-/m0/s1. The molecule has 0 spiro atoms. The van der Waals surface area contributed by atoms with Gasteiger partial charge in [0, 0.05) is 0 Å². The highest BCUT2D eigenvalue weighted by atomic mass is 32.1. The summed E-state index contributed by atoms with van der Waals surface area (Å²) in [6.07, 6.45) is 2.49. The van der Waals surface area contributed by atoms with Crippen LogP contribution in [0.5, 0.6) is 11.5 Å². The summed E-state index contributed by atoms with van der Waals surface area (Å²) in [4.78, 5) is 27.2. The SMILES string of the molecule is CCOc1cc(/C=C2\C(=O)NC(=S)N(c3ccc([C@@H](C)CC)cc3)C2=O)ccc1OCC#N. The van der Waals surface area contributed by atoms with Crippen molar-refractivity contribution >= 4 is 40.9 Å². The smallest absolute Gasteiger partial charge is 0.270 e. The van der Waals surface area contributed by atoms with Gasteiger partial charge in [0.15, 0.2) is 23.2 Å². The first-order valence-electron chi connectivity index (χ1n) is 10.7. The summed E-state index contributed by atoms with van der Waals surface area (Å²) in [5.41, 5.74) is 2.26. The van der Waals surface area contributed by atoms with Gasteiger partial charge >= 0.3 is 0 Å². The van der Waals surface area contributed by atoms with E-state index in [-0.39, 0.29) is 17.3 Å². The van der Waals surface area contributed by atoms with Crippen LogP contribution in [0.3, 0.4) is 0 Å². The molecule has 2 amide bonds. The minimum atomic E-state index is -0.569. The molecule has 3 rings (SSSR count). The van der Waals surface area contributed by atoms with Crippen molar-refractivity contribution in [3.8, 4) is 17.6 Å². The van der Waals surface area contributed by atoms with Crippen molar-refractivity contribution in [1.29, 1.82) is 5.26 Å². The zero-order chi connectivity index (χ0) is 24.0. The molecule has 7 nitrogen and oxygen atoms in total. The van der Waals surface area contributed by atoms with Crippen molar-refractivity contribution in [3.63, 3.8) is 0 Å². The molecule has 2 aromatic rings. The van der Waals surface area contributed by atoms with Crippen LogP contribution >= 0.6 is 12.2 Å². The lowest BCUT2D eigenvalue weighted by atomic mass is 9.98. The largest absolute Gasteiger partial charge is 0.490 e. The van der Waals surface area contributed by atoms with E-state index in [4.69, 9.17) is 27.0 Å². The van der Waals surface area contributed by atoms with Gasteiger partial charge in [-0.1, -0.05) is 32.0 Å². The summed E-state index contributed by atoms with van der Waals surface area (Å²) >= 11 is 5.28. The molecule has 1 aliphatic heterocycles. The molecule has 1 N–H and O–H groups in total. The molecule has 0 unspecified atom stereocenters. The van der Waals surface area contributed by atoms with Gasteiger partial charge in [-0.3, -0.25) is 19.8 Å². The highest BCUT2D eigenvalue weighted by Gasteiger charge is 2.34. The molecule has 1 fully saturated rings. The van der Waals surface area contributed by atoms with Crippen LogP contribution in [0, 0.1) is 11.3 Å². The Morgan fingerprint density at radius 1 is 1.12 bits per heavy atom. The molecular formula is C25H25N3O4S. The summed E-state index contributed by atoms with van der Waals surface area (Å²) < 4.78 is 11.0. The van der Waals surface area contributed by atoms with Gasteiger partial charge in [-0.2, -0.15) is 5.26 Å². The van der Waals surface area contributed by atoms with Crippen molar-refractivity contribution in [2.45, 2.75) is 33.1 Å². The predicted molar refractivity (Wildman–Crippen MR) is 130 cm³/mol. The van der Waals surface area contributed by atoms with Gasteiger partial charge < -0.3 is 9.47 Å². The van der Waals surface area contributed by atoms with Crippen molar-refractivity contribution in [2.75, 3.05) is 18.1 Å². The van der Waals surface area contributed by atoms with Gasteiger partial charge in [0.05, 0.1) is 12.3 Å². The van der Waals surface area contributed by atoms with Crippen LogP contribution in [0.2, 0.25) is 0 Å². The van der Waals surface area contributed by atoms with Gasteiger partial charge in [-0.25, -0.2) is 0 Å². The normalized spacial score (nSPS) is 15.8. The maximum atomic E-state index is 13.3. The third-order valence-electron chi connectivity index (χ3n) is 5.31. The second kappa shape index (κ2) is 10.7. The maximum Gasteiger partial charge on any atom is 0.270 e. The molecule has 0 aromatic heterocycles. The van der Waals surface area contributed by atoms with Crippen molar-refractivity contribution in [2.24, 2.45) is 0 Å². The Hall–Kier alpha value is -3.70. The number of ether oxygens (including phenoxy) is 2. The molecule has 33 heavy (non-hydrogen) atoms. The van der Waals surface area contributed by atoms with E-state index in [1.165, 1.54) is 16.5 Å². The van der Waals surface area contributed by atoms with E-state index in [1.54, 1.807) is 18.2 Å². The van der Waals surface area contributed by atoms with Gasteiger partial charge in [0.2, 0.25) is 0 Å². The van der Waals surface area contributed by atoms with E-state index in [2.05, 4.69) is 19.2 Å². The topological polar surface area (TPSA) is 91.7 Å². The molecule has 170 valence electrons. The summed E-state index contributed by atoms with van der Waals surface area (Å²) in [6.45, 7) is 6.34. The summed E-state index contributed by atoms with van der Waals surface area (Å²) in [6, 6.07) is 14.5. The molecule has 1 heterocycles. The first kappa shape index (κ1) is 24.0. The fourth-order valence-electron chi connectivity index (χ4n) is 3.36. The van der Waals surface area contributed by atoms with Crippen LogP contribution in [0.15, 0.2) is 48.0 Å². The lowest BCUT2D eigenvalue weighted by molar-refractivity contribution is -0.122. The highest BCUT2D eigenvalue weighted by Crippen LogP contribution is 2.30. The maximum absolute atomic E-state index is 13.3. The Morgan fingerprint density at radius 2 is 1.85 bits per heavy atom. The molecule has 1 saturated heterocycles. The lowest BCUT2D eigenvalue weighted by Crippen LogP contribution is -2.54. The minimum Gasteiger partial charge on any atom is -0.490 e. The molecule has 0 bridgehead atoms. The number of benzene rings is 2. The number of hydrogen-bond donors (Lipinski definition) is 1. The Morgan fingerprint density at radius 3 is 2.48 bits per heavy atom. The number of nitriles is 1. The summed E-state index contributed by atoms with van der Waals surface area (Å²) in [5, 5.41) is 11.4. The zero-order valence-electron chi connectivity index (χ0n) is 18.8. The van der Waals surface area contributed by atoms with Gasteiger partial charge in [0.25, 0.3) is 11.8 Å². The van der Waals surface area contributed by atoms with E-state index in [9.17, 15) is 9.59 Å². The number of hydrogen-bond acceptors (Lipinski definition) is 6. The van der Waals surface area contributed by atoms with E-state index >= 15 is 0 Å². The average Bonchev–Trinajstić information content (AvgIpc) is 2.81. The van der Waals surface area contributed by atoms with Crippen molar-refractivity contribution in [1.82, 2.24) is 5.32 Å². The number of anilines is 1.